The number of halogens is 1. The summed E-state index contributed by atoms with van der Waals surface area (Å²) in [4.78, 5) is 2.41. The zero-order valence-corrected chi connectivity index (χ0v) is 11.6. The number of hydrogen-bond donors (Lipinski definition) is 2. The summed E-state index contributed by atoms with van der Waals surface area (Å²) in [5.41, 5.74) is 0.866. The first-order chi connectivity index (χ1) is 9.65. The maximum absolute atomic E-state index is 14.1. The van der Waals surface area contributed by atoms with Gasteiger partial charge in [-0.05, 0) is 49.7 Å². The number of piperidine rings is 1. The zero-order chi connectivity index (χ0) is 14.1. The molecule has 0 amide bonds. The molecule has 2 unspecified atom stereocenters. The van der Waals surface area contributed by atoms with E-state index in [1.165, 1.54) is 38.2 Å². The molecule has 1 saturated carbocycles. The van der Waals surface area contributed by atoms with Gasteiger partial charge in [-0.25, -0.2) is 4.39 Å². The topological polar surface area (TPSA) is 43.7 Å². The smallest absolute Gasteiger partial charge is 0.423 e. The van der Waals surface area contributed by atoms with Crippen LogP contribution in [0.1, 0.15) is 37.7 Å². The quantitative estimate of drug-likeness (QED) is 0.818. The molecule has 0 radical (unpaired) electrons. The Labute approximate surface area is 119 Å². The van der Waals surface area contributed by atoms with E-state index >= 15 is 0 Å². The highest BCUT2D eigenvalue weighted by molar-refractivity contribution is 6.58. The Hall–Kier alpha value is -0.905. The Bertz CT molecular complexity index is 483. The SMILES string of the molecule is OB(O)c1ccc(CN2CCCC3CCCC32)c(F)c1. The Morgan fingerprint density at radius 2 is 2.00 bits per heavy atom. The van der Waals surface area contributed by atoms with Crippen LogP contribution in [0.25, 0.3) is 0 Å². The van der Waals surface area contributed by atoms with Crippen molar-refractivity contribution in [2.75, 3.05) is 6.54 Å². The van der Waals surface area contributed by atoms with Gasteiger partial charge in [0.1, 0.15) is 5.82 Å². The standard InChI is InChI=1S/C15H21BFNO2/c17-14-9-13(16(19)20)7-6-12(14)10-18-8-2-4-11-3-1-5-15(11)18/h6-7,9,11,15,19-20H,1-5,8,10H2. The minimum atomic E-state index is -1.60. The van der Waals surface area contributed by atoms with Crippen molar-refractivity contribution < 1.29 is 14.4 Å². The highest BCUT2D eigenvalue weighted by atomic mass is 19.1. The average Bonchev–Trinajstić information content (AvgIpc) is 2.90. The summed E-state index contributed by atoms with van der Waals surface area (Å²) in [5, 5.41) is 18.1. The van der Waals surface area contributed by atoms with Crippen LogP contribution in [0.2, 0.25) is 0 Å². The van der Waals surface area contributed by atoms with Crippen LogP contribution in [-0.4, -0.2) is 34.7 Å². The molecular weight excluding hydrogens is 256 g/mol. The molecule has 2 N–H and O–H groups in total. The average molecular weight is 277 g/mol. The van der Waals surface area contributed by atoms with Crippen LogP contribution in [0.3, 0.4) is 0 Å². The number of hydrogen-bond acceptors (Lipinski definition) is 3. The summed E-state index contributed by atoms with van der Waals surface area (Å²) in [6.07, 6.45) is 6.37. The van der Waals surface area contributed by atoms with Crippen molar-refractivity contribution in [3.05, 3.63) is 29.6 Å². The molecule has 1 saturated heterocycles. The van der Waals surface area contributed by atoms with Gasteiger partial charge in [0.25, 0.3) is 0 Å². The second kappa shape index (κ2) is 5.84. The van der Waals surface area contributed by atoms with Crippen LogP contribution in [0.5, 0.6) is 0 Å². The monoisotopic (exact) mass is 277 g/mol. The minimum absolute atomic E-state index is 0.212. The van der Waals surface area contributed by atoms with Crippen LogP contribution in [0.4, 0.5) is 4.39 Å². The molecule has 2 fully saturated rings. The predicted octanol–water partition coefficient (Wildman–Crippen LogP) is 1.27. The first kappa shape index (κ1) is 14.0. The van der Waals surface area contributed by atoms with Crippen LogP contribution in [-0.2, 0) is 6.54 Å². The molecule has 1 aromatic carbocycles. The molecule has 2 atom stereocenters. The highest BCUT2D eigenvalue weighted by Crippen LogP contribution is 2.37. The maximum Gasteiger partial charge on any atom is 0.488 e. The summed E-state index contributed by atoms with van der Waals surface area (Å²) < 4.78 is 14.1. The molecule has 1 aromatic rings. The Balaban J connectivity index is 1.74. The lowest BCUT2D eigenvalue weighted by Crippen LogP contribution is -2.42. The lowest BCUT2D eigenvalue weighted by molar-refractivity contribution is 0.104. The zero-order valence-electron chi connectivity index (χ0n) is 11.6. The summed E-state index contributed by atoms with van der Waals surface area (Å²) in [6, 6.07) is 5.13. The number of benzene rings is 1. The summed E-state index contributed by atoms with van der Waals surface area (Å²) in [6.45, 7) is 1.68. The summed E-state index contributed by atoms with van der Waals surface area (Å²) >= 11 is 0. The van der Waals surface area contributed by atoms with E-state index < -0.39 is 7.12 Å². The van der Waals surface area contributed by atoms with Crippen molar-refractivity contribution in [3.63, 3.8) is 0 Å². The van der Waals surface area contributed by atoms with Gasteiger partial charge in [-0.2, -0.15) is 0 Å². The van der Waals surface area contributed by atoms with E-state index in [1.807, 2.05) is 0 Å². The van der Waals surface area contributed by atoms with Gasteiger partial charge in [-0.1, -0.05) is 18.6 Å². The molecule has 108 valence electrons. The third-order valence-electron chi connectivity index (χ3n) is 4.86. The van der Waals surface area contributed by atoms with E-state index in [0.29, 0.717) is 18.2 Å². The van der Waals surface area contributed by atoms with Crippen molar-refractivity contribution in [2.45, 2.75) is 44.7 Å². The second-order valence-corrected chi connectivity index (χ2v) is 6.10. The first-order valence-electron chi connectivity index (χ1n) is 7.53. The molecule has 0 spiro atoms. The van der Waals surface area contributed by atoms with Crippen LogP contribution >= 0.6 is 0 Å². The highest BCUT2D eigenvalue weighted by Gasteiger charge is 2.35. The van der Waals surface area contributed by atoms with Crippen LogP contribution in [0.15, 0.2) is 18.2 Å². The number of nitrogens with zero attached hydrogens (tertiary/aromatic N) is 1. The number of rotatable bonds is 3. The first-order valence-corrected chi connectivity index (χ1v) is 7.53. The molecule has 1 aliphatic heterocycles. The van der Waals surface area contributed by atoms with Crippen molar-refractivity contribution in [1.82, 2.24) is 4.90 Å². The predicted molar refractivity (Wildman–Crippen MR) is 77.0 cm³/mol. The van der Waals surface area contributed by atoms with Crippen molar-refractivity contribution >= 4 is 12.6 Å². The molecule has 1 aliphatic carbocycles. The van der Waals surface area contributed by atoms with E-state index in [-0.39, 0.29) is 11.3 Å². The normalized spacial score (nSPS) is 26.6. The molecule has 5 heteroatoms. The van der Waals surface area contributed by atoms with Gasteiger partial charge in [0.2, 0.25) is 0 Å². The van der Waals surface area contributed by atoms with Crippen LogP contribution < -0.4 is 5.46 Å². The summed E-state index contributed by atoms with van der Waals surface area (Å²) in [7, 11) is -1.60. The van der Waals surface area contributed by atoms with Crippen molar-refractivity contribution in [1.29, 1.82) is 0 Å². The lowest BCUT2D eigenvalue weighted by atomic mass is 9.80. The molecule has 3 rings (SSSR count). The fraction of sp³-hybridized carbons (Fsp3) is 0.600. The maximum atomic E-state index is 14.1. The van der Waals surface area contributed by atoms with E-state index in [0.717, 1.165) is 12.5 Å². The lowest BCUT2D eigenvalue weighted by Gasteiger charge is -2.37. The molecule has 0 bridgehead atoms. The largest absolute Gasteiger partial charge is 0.488 e. The fourth-order valence-corrected chi connectivity index (χ4v) is 3.82. The summed E-state index contributed by atoms with van der Waals surface area (Å²) in [5.74, 6) is 0.459. The van der Waals surface area contributed by atoms with Gasteiger partial charge >= 0.3 is 7.12 Å². The van der Waals surface area contributed by atoms with Gasteiger partial charge in [0.15, 0.2) is 0 Å². The van der Waals surface area contributed by atoms with E-state index in [9.17, 15) is 4.39 Å². The van der Waals surface area contributed by atoms with E-state index in [2.05, 4.69) is 4.90 Å². The molecule has 1 heterocycles. The van der Waals surface area contributed by atoms with Gasteiger partial charge < -0.3 is 10.0 Å². The minimum Gasteiger partial charge on any atom is -0.423 e. The number of likely N-dealkylation sites (tertiary alicyclic amines) is 1. The Kier molecular flexibility index (Phi) is 4.10. The second-order valence-electron chi connectivity index (χ2n) is 6.10. The van der Waals surface area contributed by atoms with Gasteiger partial charge in [0.05, 0.1) is 0 Å². The Morgan fingerprint density at radius 3 is 2.75 bits per heavy atom. The third kappa shape index (κ3) is 2.75. The fourth-order valence-electron chi connectivity index (χ4n) is 3.82. The van der Waals surface area contributed by atoms with Crippen LogP contribution in [0, 0.1) is 11.7 Å². The van der Waals surface area contributed by atoms with E-state index in [4.69, 9.17) is 10.0 Å². The van der Waals surface area contributed by atoms with E-state index in [1.54, 1.807) is 12.1 Å². The third-order valence-corrected chi connectivity index (χ3v) is 4.86. The van der Waals surface area contributed by atoms with Gasteiger partial charge in [-0.3, -0.25) is 4.90 Å². The molecule has 3 nitrogen and oxygen atoms in total. The van der Waals surface area contributed by atoms with Gasteiger partial charge in [0, 0.05) is 18.2 Å². The molecule has 2 aliphatic rings. The van der Waals surface area contributed by atoms with Gasteiger partial charge in [-0.15, -0.1) is 0 Å². The van der Waals surface area contributed by atoms with Crippen molar-refractivity contribution in [2.24, 2.45) is 5.92 Å². The molecule has 20 heavy (non-hydrogen) atoms. The molecular formula is C15H21BFNO2. The number of fused-ring (bicyclic) bond motifs is 1. The Morgan fingerprint density at radius 1 is 1.20 bits per heavy atom. The molecule has 0 aromatic heterocycles. The van der Waals surface area contributed by atoms with Crippen molar-refractivity contribution in [3.8, 4) is 0 Å².